The second kappa shape index (κ2) is 7.48. The van der Waals surface area contributed by atoms with Gasteiger partial charge in [0.2, 0.25) is 0 Å². The van der Waals surface area contributed by atoms with Gasteiger partial charge in [-0.1, -0.05) is 18.2 Å². The molecule has 1 aliphatic heterocycles. The number of para-hydroxylation sites is 1. The van der Waals surface area contributed by atoms with Crippen LogP contribution in [0.3, 0.4) is 0 Å². The molecule has 1 saturated heterocycles. The highest BCUT2D eigenvalue weighted by molar-refractivity contribution is 6.08. The van der Waals surface area contributed by atoms with Crippen LogP contribution < -0.4 is 11.3 Å². The van der Waals surface area contributed by atoms with Gasteiger partial charge in [-0.15, -0.1) is 0 Å². The largest absolute Gasteiger partial charge is 0.477 e. The molecule has 33 heavy (non-hydrogen) atoms. The summed E-state index contributed by atoms with van der Waals surface area (Å²) in [5.41, 5.74) is 7.43. The standard InChI is InChI=1S/C24H26N4O5/c1-13(28-12-24(33-23(28)32)9-14(10-24)11-25)16-4-3-5-17-19(21(22(30)31)26-20(16)17)15-6-7-27(2)18(29)8-15/h3-8,13-14,26H,9-12,25H2,1-2H3,(H,30,31)/t13-,14?,24?/m0/s1. The fourth-order valence-corrected chi connectivity index (χ4v) is 5.24. The number of amides is 1. The summed E-state index contributed by atoms with van der Waals surface area (Å²) < 4.78 is 7.16. The van der Waals surface area contributed by atoms with Crippen molar-refractivity contribution < 1.29 is 19.4 Å². The lowest BCUT2D eigenvalue weighted by Crippen LogP contribution is -2.49. The Balaban J connectivity index is 1.58. The number of H-pyrrole nitrogens is 1. The van der Waals surface area contributed by atoms with E-state index in [4.69, 9.17) is 10.5 Å². The van der Waals surface area contributed by atoms with Gasteiger partial charge in [-0.25, -0.2) is 9.59 Å². The van der Waals surface area contributed by atoms with Crippen molar-refractivity contribution in [3.63, 3.8) is 0 Å². The van der Waals surface area contributed by atoms with E-state index in [0.717, 1.165) is 18.4 Å². The second-order valence-corrected chi connectivity index (χ2v) is 9.18. The van der Waals surface area contributed by atoms with Crippen LogP contribution in [0.5, 0.6) is 0 Å². The van der Waals surface area contributed by atoms with Crippen LogP contribution in [0.2, 0.25) is 0 Å². The molecular formula is C24H26N4O5. The van der Waals surface area contributed by atoms with Gasteiger partial charge in [-0.3, -0.25) is 9.69 Å². The van der Waals surface area contributed by atoms with E-state index in [1.807, 2.05) is 25.1 Å². The minimum atomic E-state index is -1.12. The third kappa shape index (κ3) is 3.31. The highest BCUT2D eigenvalue weighted by Crippen LogP contribution is 2.47. The number of nitrogens with one attached hydrogen (secondary N) is 1. The number of carbonyl (C=O) groups excluding carboxylic acids is 1. The van der Waals surface area contributed by atoms with Crippen molar-refractivity contribution >= 4 is 23.0 Å². The molecule has 4 N–H and O–H groups in total. The Kier molecular flexibility index (Phi) is 4.82. The van der Waals surface area contributed by atoms with Gasteiger partial charge in [0.25, 0.3) is 5.56 Å². The van der Waals surface area contributed by atoms with Crippen LogP contribution in [0.4, 0.5) is 4.79 Å². The number of carboxylic acid groups (broad SMARTS) is 1. The molecule has 1 spiro atoms. The number of ether oxygens (including phenoxy) is 1. The van der Waals surface area contributed by atoms with E-state index in [2.05, 4.69) is 4.98 Å². The summed E-state index contributed by atoms with van der Waals surface area (Å²) in [6.07, 6.45) is 2.77. The van der Waals surface area contributed by atoms with Crippen molar-refractivity contribution in [3.05, 3.63) is 58.1 Å². The predicted molar refractivity (Wildman–Crippen MR) is 122 cm³/mol. The Morgan fingerprint density at radius 1 is 1.33 bits per heavy atom. The fourth-order valence-electron chi connectivity index (χ4n) is 5.24. The smallest absolute Gasteiger partial charge is 0.411 e. The van der Waals surface area contributed by atoms with E-state index in [-0.39, 0.29) is 23.4 Å². The van der Waals surface area contributed by atoms with E-state index in [1.165, 1.54) is 10.6 Å². The fraction of sp³-hybridized carbons (Fsp3) is 0.375. The van der Waals surface area contributed by atoms with Crippen LogP contribution in [0.1, 0.15) is 41.9 Å². The molecule has 1 atom stereocenters. The molecule has 1 saturated carbocycles. The zero-order valence-electron chi connectivity index (χ0n) is 18.5. The van der Waals surface area contributed by atoms with Crippen molar-refractivity contribution in [3.8, 4) is 11.1 Å². The Morgan fingerprint density at radius 2 is 2.09 bits per heavy atom. The van der Waals surface area contributed by atoms with Crippen molar-refractivity contribution in [2.45, 2.75) is 31.4 Å². The normalized spacial score (nSPS) is 23.1. The maximum atomic E-state index is 12.7. The van der Waals surface area contributed by atoms with Crippen molar-refractivity contribution in [2.75, 3.05) is 13.1 Å². The zero-order chi connectivity index (χ0) is 23.5. The molecule has 3 heterocycles. The zero-order valence-corrected chi connectivity index (χ0v) is 18.5. The highest BCUT2D eigenvalue weighted by Gasteiger charge is 2.54. The van der Waals surface area contributed by atoms with Gasteiger partial charge in [-0.2, -0.15) is 0 Å². The number of hydrogen-bond donors (Lipinski definition) is 3. The SMILES string of the molecule is C[C@@H](c1cccc2c(-c3ccn(C)c(=O)c3)c(C(=O)O)[nH]c12)N1CC2(CC(CN)C2)OC1=O. The van der Waals surface area contributed by atoms with Crippen LogP contribution in [0.15, 0.2) is 41.3 Å². The highest BCUT2D eigenvalue weighted by atomic mass is 16.6. The molecule has 0 bridgehead atoms. The number of pyridine rings is 1. The Labute approximate surface area is 189 Å². The van der Waals surface area contributed by atoms with E-state index in [9.17, 15) is 19.5 Å². The quantitative estimate of drug-likeness (QED) is 0.548. The van der Waals surface area contributed by atoms with Crippen LogP contribution in [0.25, 0.3) is 22.0 Å². The minimum absolute atomic E-state index is 0.00292. The third-order valence-corrected chi connectivity index (χ3v) is 7.04. The molecule has 2 aliphatic rings. The summed E-state index contributed by atoms with van der Waals surface area (Å²) in [6.45, 7) is 2.97. The second-order valence-electron chi connectivity index (χ2n) is 9.18. The number of hydrogen-bond acceptors (Lipinski definition) is 5. The maximum Gasteiger partial charge on any atom is 0.411 e. The first-order chi connectivity index (χ1) is 15.7. The number of carboxylic acids is 1. The number of nitrogens with zero attached hydrogens (tertiary/aromatic N) is 2. The number of rotatable bonds is 5. The van der Waals surface area contributed by atoms with Gasteiger partial charge in [-0.05, 0) is 49.4 Å². The Morgan fingerprint density at radius 3 is 2.76 bits per heavy atom. The van der Waals surface area contributed by atoms with Crippen molar-refractivity contribution in [1.82, 2.24) is 14.5 Å². The van der Waals surface area contributed by atoms with Gasteiger partial charge in [0.05, 0.1) is 18.1 Å². The molecule has 9 nitrogen and oxygen atoms in total. The van der Waals surface area contributed by atoms with E-state index < -0.39 is 11.6 Å². The molecular weight excluding hydrogens is 424 g/mol. The van der Waals surface area contributed by atoms with Crippen LogP contribution >= 0.6 is 0 Å². The van der Waals surface area contributed by atoms with E-state index in [0.29, 0.717) is 41.0 Å². The van der Waals surface area contributed by atoms with Crippen molar-refractivity contribution in [2.24, 2.45) is 18.7 Å². The molecule has 0 radical (unpaired) electrons. The van der Waals surface area contributed by atoms with Crippen molar-refractivity contribution in [1.29, 1.82) is 0 Å². The molecule has 1 amide bonds. The van der Waals surface area contributed by atoms with Crippen LogP contribution in [-0.4, -0.2) is 50.3 Å². The summed E-state index contributed by atoms with van der Waals surface area (Å²) in [5, 5.41) is 10.6. The lowest BCUT2D eigenvalue weighted by Gasteiger charge is -2.42. The van der Waals surface area contributed by atoms with Gasteiger partial charge in [0.1, 0.15) is 11.3 Å². The summed E-state index contributed by atoms with van der Waals surface area (Å²) >= 11 is 0. The molecule has 0 unspecified atom stereocenters. The molecule has 5 rings (SSSR count). The number of aryl methyl sites for hydroxylation is 1. The van der Waals surface area contributed by atoms with E-state index >= 15 is 0 Å². The first kappa shape index (κ1) is 21.3. The molecule has 2 aromatic heterocycles. The first-order valence-electron chi connectivity index (χ1n) is 11.0. The monoisotopic (exact) mass is 450 g/mol. The predicted octanol–water partition coefficient (Wildman–Crippen LogP) is 2.85. The number of nitrogens with two attached hydrogens (primary N) is 1. The summed E-state index contributed by atoms with van der Waals surface area (Å²) in [5.74, 6) is -0.749. The number of aromatic amines is 1. The Hall–Kier alpha value is -3.59. The van der Waals surface area contributed by atoms with Crippen LogP contribution in [0, 0.1) is 5.92 Å². The number of fused-ring (bicyclic) bond motifs is 1. The summed E-state index contributed by atoms with van der Waals surface area (Å²) in [4.78, 5) is 41.8. The summed E-state index contributed by atoms with van der Waals surface area (Å²) in [7, 11) is 1.64. The average molecular weight is 450 g/mol. The number of aromatic nitrogens is 2. The number of aromatic carboxylic acids is 1. The molecule has 3 aromatic rings. The molecule has 172 valence electrons. The molecule has 1 aliphatic carbocycles. The third-order valence-electron chi connectivity index (χ3n) is 7.04. The van der Waals surface area contributed by atoms with Gasteiger partial charge in [0, 0.05) is 30.3 Å². The minimum Gasteiger partial charge on any atom is -0.477 e. The Bertz CT molecular complexity index is 1330. The first-order valence-corrected chi connectivity index (χ1v) is 11.0. The van der Waals surface area contributed by atoms with Gasteiger partial charge >= 0.3 is 12.1 Å². The number of carbonyl (C=O) groups is 2. The lowest BCUT2D eigenvalue weighted by molar-refractivity contribution is -0.0439. The molecule has 9 heteroatoms. The maximum absolute atomic E-state index is 12.7. The number of benzene rings is 1. The van der Waals surface area contributed by atoms with Gasteiger partial charge in [0.15, 0.2) is 0 Å². The lowest BCUT2D eigenvalue weighted by atomic mass is 9.71. The van der Waals surface area contributed by atoms with Gasteiger partial charge < -0.3 is 25.1 Å². The topological polar surface area (TPSA) is 131 Å². The van der Waals surface area contributed by atoms with Crippen LogP contribution in [-0.2, 0) is 11.8 Å². The molecule has 1 aromatic carbocycles. The average Bonchev–Trinajstić information content (AvgIpc) is 3.32. The summed E-state index contributed by atoms with van der Waals surface area (Å²) in [6, 6.07) is 8.35. The van der Waals surface area contributed by atoms with E-state index in [1.54, 1.807) is 24.2 Å². The molecule has 2 fully saturated rings.